The summed E-state index contributed by atoms with van der Waals surface area (Å²) in [6.45, 7) is 1.99. The van der Waals surface area contributed by atoms with Crippen molar-refractivity contribution in [3.05, 3.63) is 46.2 Å². The van der Waals surface area contributed by atoms with Gasteiger partial charge in [-0.05, 0) is 36.8 Å². The third-order valence-corrected chi connectivity index (χ3v) is 2.67. The van der Waals surface area contributed by atoms with Crippen LogP contribution in [-0.4, -0.2) is 16.9 Å². The van der Waals surface area contributed by atoms with Crippen LogP contribution in [0, 0.1) is 6.92 Å². The highest BCUT2D eigenvalue weighted by Gasteiger charge is 2.05. The number of benzene rings is 1. The van der Waals surface area contributed by atoms with Crippen molar-refractivity contribution in [3.8, 4) is 17.0 Å². The Labute approximate surface area is 99.5 Å². The third-order valence-electron chi connectivity index (χ3n) is 2.67. The van der Waals surface area contributed by atoms with E-state index < -0.39 is 0 Å². The normalized spacial score (nSPS) is 10.3. The summed E-state index contributed by atoms with van der Waals surface area (Å²) in [7, 11) is 3.28. The average molecular weight is 230 g/mol. The summed E-state index contributed by atoms with van der Waals surface area (Å²) in [5.41, 5.74) is 2.74. The number of aryl methyl sites for hydroxylation is 2. The Morgan fingerprint density at radius 3 is 2.59 bits per heavy atom. The minimum Gasteiger partial charge on any atom is -0.497 e. The van der Waals surface area contributed by atoms with Crippen LogP contribution >= 0.6 is 0 Å². The third kappa shape index (κ3) is 2.20. The molecular formula is C13H14N2O2. The molecule has 2 aromatic rings. The monoisotopic (exact) mass is 230 g/mol. The molecule has 4 heteroatoms. The molecule has 0 aliphatic carbocycles. The van der Waals surface area contributed by atoms with Crippen LogP contribution in [0.4, 0.5) is 0 Å². The lowest BCUT2D eigenvalue weighted by Gasteiger charge is -2.08. The first-order valence-corrected chi connectivity index (χ1v) is 5.31. The summed E-state index contributed by atoms with van der Waals surface area (Å²) in [5.74, 6) is 0.816. The Morgan fingerprint density at radius 1 is 1.24 bits per heavy atom. The van der Waals surface area contributed by atoms with E-state index in [1.807, 2.05) is 25.1 Å². The first-order chi connectivity index (χ1) is 8.11. The fraction of sp³-hybridized carbons (Fsp3) is 0.231. The number of ether oxygens (including phenoxy) is 1. The van der Waals surface area contributed by atoms with E-state index in [0.717, 1.165) is 22.6 Å². The van der Waals surface area contributed by atoms with Gasteiger partial charge in [-0.25, -0.2) is 4.68 Å². The molecule has 88 valence electrons. The molecule has 2 rings (SSSR count). The minimum absolute atomic E-state index is 0.111. The number of nitrogens with zero attached hydrogens (tertiary/aromatic N) is 2. The van der Waals surface area contributed by atoms with Crippen LogP contribution in [0.3, 0.4) is 0 Å². The molecule has 0 spiro atoms. The number of aromatic nitrogens is 2. The van der Waals surface area contributed by atoms with E-state index in [9.17, 15) is 4.79 Å². The Hall–Kier alpha value is -2.10. The quantitative estimate of drug-likeness (QED) is 0.789. The minimum atomic E-state index is -0.111. The van der Waals surface area contributed by atoms with Crippen molar-refractivity contribution >= 4 is 0 Å². The summed E-state index contributed by atoms with van der Waals surface area (Å²) in [5, 5.41) is 4.22. The second-order valence-electron chi connectivity index (χ2n) is 3.86. The predicted molar refractivity (Wildman–Crippen MR) is 66.2 cm³/mol. The SMILES string of the molecule is COc1ccc(-c2ccc(=O)n(C)n2)c(C)c1. The zero-order chi connectivity index (χ0) is 12.4. The van der Waals surface area contributed by atoms with E-state index in [1.54, 1.807) is 20.2 Å². The van der Waals surface area contributed by atoms with Gasteiger partial charge in [0.1, 0.15) is 5.75 Å². The van der Waals surface area contributed by atoms with Crippen LogP contribution in [0.5, 0.6) is 5.75 Å². The molecule has 1 heterocycles. The topological polar surface area (TPSA) is 44.1 Å². The van der Waals surface area contributed by atoms with E-state index in [2.05, 4.69) is 5.10 Å². The van der Waals surface area contributed by atoms with Crippen molar-refractivity contribution < 1.29 is 4.74 Å². The zero-order valence-corrected chi connectivity index (χ0v) is 10.1. The summed E-state index contributed by atoms with van der Waals surface area (Å²) >= 11 is 0. The average Bonchev–Trinajstić information content (AvgIpc) is 2.32. The van der Waals surface area contributed by atoms with E-state index in [0.29, 0.717) is 0 Å². The molecule has 0 unspecified atom stereocenters. The van der Waals surface area contributed by atoms with E-state index in [1.165, 1.54) is 10.7 Å². The lowest BCUT2D eigenvalue weighted by atomic mass is 10.1. The maximum absolute atomic E-state index is 11.3. The lowest BCUT2D eigenvalue weighted by molar-refractivity contribution is 0.414. The van der Waals surface area contributed by atoms with Gasteiger partial charge in [-0.15, -0.1) is 0 Å². The molecule has 0 N–H and O–H groups in total. The second kappa shape index (κ2) is 4.41. The van der Waals surface area contributed by atoms with Crippen molar-refractivity contribution in [3.63, 3.8) is 0 Å². The molecule has 0 amide bonds. The highest BCUT2D eigenvalue weighted by atomic mass is 16.5. The molecule has 1 aromatic carbocycles. The first-order valence-electron chi connectivity index (χ1n) is 5.31. The summed E-state index contributed by atoms with van der Waals surface area (Å²) < 4.78 is 6.49. The van der Waals surface area contributed by atoms with Gasteiger partial charge in [0, 0.05) is 18.7 Å². The van der Waals surface area contributed by atoms with Crippen molar-refractivity contribution in [1.82, 2.24) is 9.78 Å². The smallest absolute Gasteiger partial charge is 0.266 e. The lowest BCUT2D eigenvalue weighted by Crippen LogP contribution is -2.18. The highest BCUT2D eigenvalue weighted by molar-refractivity contribution is 5.64. The fourth-order valence-corrected chi connectivity index (χ4v) is 1.70. The van der Waals surface area contributed by atoms with Gasteiger partial charge in [0.2, 0.25) is 0 Å². The molecule has 1 aromatic heterocycles. The van der Waals surface area contributed by atoms with Gasteiger partial charge >= 0.3 is 0 Å². The maximum Gasteiger partial charge on any atom is 0.266 e. The molecule has 0 radical (unpaired) electrons. The van der Waals surface area contributed by atoms with Crippen LogP contribution in [0.25, 0.3) is 11.3 Å². The molecule has 0 saturated carbocycles. The molecule has 0 atom stereocenters. The highest BCUT2D eigenvalue weighted by Crippen LogP contribution is 2.24. The van der Waals surface area contributed by atoms with Crippen LogP contribution in [0.1, 0.15) is 5.56 Å². The predicted octanol–water partition coefficient (Wildman–Crippen LogP) is 1.76. The number of rotatable bonds is 2. The standard InChI is InChI=1S/C13H14N2O2/c1-9-8-10(17-3)4-5-11(9)12-6-7-13(16)15(2)14-12/h4-8H,1-3H3. The van der Waals surface area contributed by atoms with Gasteiger partial charge in [-0.3, -0.25) is 4.79 Å². The largest absolute Gasteiger partial charge is 0.497 e. The van der Waals surface area contributed by atoms with E-state index in [4.69, 9.17) is 4.74 Å². The molecule has 0 saturated heterocycles. The Morgan fingerprint density at radius 2 is 2.00 bits per heavy atom. The number of methoxy groups -OCH3 is 1. The van der Waals surface area contributed by atoms with Gasteiger partial charge < -0.3 is 4.74 Å². The summed E-state index contributed by atoms with van der Waals surface area (Å²) in [6.07, 6.45) is 0. The zero-order valence-electron chi connectivity index (χ0n) is 10.1. The van der Waals surface area contributed by atoms with Crippen LogP contribution in [0.2, 0.25) is 0 Å². The number of hydrogen-bond donors (Lipinski definition) is 0. The van der Waals surface area contributed by atoms with Crippen molar-refractivity contribution in [2.45, 2.75) is 6.92 Å². The van der Waals surface area contributed by atoms with Crippen LogP contribution in [-0.2, 0) is 7.05 Å². The van der Waals surface area contributed by atoms with Crippen molar-refractivity contribution in [1.29, 1.82) is 0 Å². The van der Waals surface area contributed by atoms with Gasteiger partial charge in [0.25, 0.3) is 5.56 Å². The molecule has 17 heavy (non-hydrogen) atoms. The Balaban J connectivity index is 2.53. The molecule has 0 aliphatic rings. The second-order valence-corrected chi connectivity index (χ2v) is 3.86. The first kappa shape index (κ1) is 11.4. The van der Waals surface area contributed by atoms with Crippen LogP contribution < -0.4 is 10.3 Å². The Kier molecular flexibility index (Phi) is 2.95. The van der Waals surface area contributed by atoms with E-state index >= 15 is 0 Å². The van der Waals surface area contributed by atoms with Gasteiger partial charge in [-0.2, -0.15) is 5.10 Å². The van der Waals surface area contributed by atoms with Gasteiger partial charge in [-0.1, -0.05) is 0 Å². The van der Waals surface area contributed by atoms with E-state index in [-0.39, 0.29) is 5.56 Å². The van der Waals surface area contributed by atoms with Crippen molar-refractivity contribution in [2.24, 2.45) is 7.05 Å². The number of hydrogen-bond acceptors (Lipinski definition) is 3. The molecule has 0 aliphatic heterocycles. The fourth-order valence-electron chi connectivity index (χ4n) is 1.70. The van der Waals surface area contributed by atoms with Crippen LogP contribution in [0.15, 0.2) is 35.1 Å². The van der Waals surface area contributed by atoms with Gasteiger partial charge in [0.05, 0.1) is 12.8 Å². The molecule has 0 bridgehead atoms. The van der Waals surface area contributed by atoms with Crippen molar-refractivity contribution in [2.75, 3.05) is 7.11 Å². The molecule has 4 nitrogen and oxygen atoms in total. The summed E-state index contributed by atoms with van der Waals surface area (Å²) in [4.78, 5) is 11.3. The van der Waals surface area contributed by atoms with Gasteiger partial charge in [0.15, 0.2) is 0 Å². The maximum atomic E-state index is 11.3. The summed E-state index contributed by atoms with van der Waals surface area (Å²) in [6, 6.07) is 9.03. The Bertz CT molecular complexity index is 603. The molecule has 0 fully saturated rings. The molecular weight excluding hydrogens is 216 g/mol.